The fourth-order valence-electron chi connectivity index (χ4n) is 6.62. The minimum absolute atomic E-state index is 0.278. The molecular weight excluding hydrogens is 520 g/mol. The summed E-state index contributed by atoms with van der Waals surface area (Å²) in [4.78, 5) is 33.7. The number of hydrogen-bond donors (Lipinski definition) is 1. The lowest BCUT2D eigenvalue weighted by Gasteiger charge is -2.35. The van der Waals surface area contributed by atoms with Gasteiger partial charge >= 0.3 is 0 Å². The molecule has 11 heteroatoms. The van der Waals surface area contributed by atoms with Gasteiger partial charge in [-0.15, -0.1) is 0 Å². The van der Waals surface area contributed by atoms with Gasteiger partial charge in [-0.3, -0.25) is 9.69 Å². The zero-order chi connectivity index (χ0) is 27.6. The first kappa shape index (κ1) is 26.3. The fraction of sp³-hybridized carbons (Fsp3) is 0.600. The molecule has 3 aliphatic heterocycles. The van der Waals surface area contributed by atoms with E-state index < -0.39 is 0 Å². The van der Waals surface area contributed by atoms with Crippen molar-refractivity contribution in [3.63, 3.8) is 0 Å². The zero-order valence-electron chi connectivity index (χ0n) is 23.8. The zero-order valence-corrected chi connectivity index (χ0v) is 23.8. The van der Waals surface area contributed by atoms with E-state index in [1.54, 1.807) is 0 Å². The summed E-state index contributed by atoms with van der Waals surface area (Å²) >= 11 is 0. The van der Waals surface area contributed by atoms with Crippen LogP contribution in [-0.4, -0.2) is 87.8 Å². The number of likely N-dealkylation sites (tertiary alicyclic amines) is 1. The van der Waals surface area contributed by atoms with Crippen LogP contribution in [0.5, 0.6) is 11.5 Å². The summed E-state index contributed by atoms with van der Waals surface area (Å²) in [7, 11) is 0. The molecule has 3 fully saturated rings. The highest BCUT2D eigenvalue weighted by Crippen LogP contribution is 2.34. The number of ether oxygens (including phenoxy) is 2. The standard InChI is InChI=1S/C30H40N8O3/c39-26-8-4-12-36(26)13-5-11-31-28-27-29(38(20-32-27)23-6-2-1-3-7-23)34-30(33-28)37-16-14-35(15-17-37)19-22-9-10-24-25(18-22)41-21-40-24/h9-10,18,20,23H,1-8,11-17,19,21H2,(H,31,33,34). The number of carbonyl (C=O) groups is 1. The van der Waals surface area contributed by atoms with Crippen LogP contribution in [0.3, 0.4) is 0 Å². The summed E-state index contributed by atoms with van der Waals surface area (Å²) in [5.74, 6) is 3.52. The maximum absolute atomic E-state index is 12.0. The van der Waals surface area contributed by atoms with Crippen LogP contribution in [0, 0.1) is 0 Å². The molecule has 1 aromatic carbocycles. The van der Waals surface area contributed by atoms with E-state index in [2.05, 4.69) is 31.8 Å². The van der Waals surface area contributed by atoms with Crippen LogP contribution in [-0.2, 0) is 11.3 Å². The summed E-state index contributed by atoms with van der Waals surface area (Å²) in [5.41, 5.74) is 3.01. The Hall–Kier alpha value is -3.60. The number of fused-ring (bicyclic) bond motifs is 2. The van der Waals surface area contributed by atoms with Crippen molar-refractivity contribution >= 4 is 28.8 Å². The van der Waals surface area contributed by atoms with Crippen LogP contribution in [0.1, 0.15) is 63.0 Å². The number of benzene rings is 1. The van der Waals surface area contributed by atoms with Crippen molar-refractivity contribution in [3.8, 4) is 11.5 Å². The van der Waals surface area contributed by atoms with E-state index in [1.807, 2.05) is 17.3 Å². The summed E-state index contributed by atoms with van der Waals surface area (Å²) in [6.07, 6.45) is 10.7. The van der Waals surface area contributed by atoms with Crippen LogP contribution >= 0.6 is 0 Å². The summed E-state index contributed by atoms with van der Waals surface area (Å²) in [6.45, 7) is 7.20. The normalized spacial score (nSPS) is 20.0. The third-order valence-corrected chi connectivity index (χ3v) is 8.94. The van der Waals surface area contributed by atoms with Gasteiger partial charge in [0, 0.05) is 64.8 Å². The Labute approximate surface area is 240 Å². The quantitative estimate of drug-likeness (QED) is 0.392. The number of nitrogens with one attached hydrogen (secondary N) is 1. The highest BCUT2D eigenvalue weighted by molar-refractivity contribution is 5.84. The third-order valence-electron chi connectivity index (χ3n) is 8.94. The van der Waals surface area contributed by atoms with E-state index >= 15 is 0 Å². The van der Waals surface area contributed by atoms with Gasteiger partial charge in [-0.1, -0.05) is 25.3 Å². The number of carbonyl (C=O) groups excluding carboxylic acids is 1. The number of rotatable bonds is 9. The number of amides is 1. The molecule has 41 heavy (non-hydrogen) atoms. The molecule has 1 aliphatic carbocycles. The minimum atomic E-state index is 0.278. The van der Waals surface area contributed by atoms with Gasteiger partial charge in [-0.2, -0.15) is 9.97 Å². The average Bonchev–Trinajstić information content (AvgIpc) is 3.76. The number of nitrogens with zero attached hydrogens (tertiary/aromatic N) is 7. The van der Waals surface area contributed by atoms with E-state index in [0.717, 1.165) is 99.6 Å². The highest BCUT2D eigenvalue weighted by atomic mass is 16.7. The van der Waals surface area contributed by atoms with Crippen molar-refractivity contribution in [2.24, 2.45) is 0 Å². The van der Waals surface area contributed by atoms with Crippen LogP contribution in [0.25, 0.3) is 11.2 Å². The third kappa shape index (κ3) is 5.64. The Morgan fingerprint density at radius 3 is 2.63 bits per heavy atom. The second-order valence-corrected chi connectivity index (χ2v) is 11.7. The number of hydrogen-bond acceptors (Lipinski definition) is 9. The van der Waals surface area contributed by atoms with Gasteiger partial charge in [-0.25, -0.2) is 4.98 Å². The Morgan fingerprint density at radius 2 is 1.80 bits per heavy atom. The fourth-order valence-corrected chi connectivity index (χ4v) is 6.62. The molecule has 218 valence electrons. The lowest BCUT2D eigenvalue weighted by Crippen LogP contribution is -2.46. The molecule has 5 heterocycles. The van der Waals surface area contributed by atoms with E-state index in [-0.39, 0.29) is 5.91 Å². The first-order valence-corrected chi connectivity index (χ1v) is 15.3. The molecule has 3 aromatic rings. The SMILES string of the molecule is O=C1CCCN1CCCNc1nc(N2CCN(Cc3ccc4c(c3)OCO4)CC2)nc2c1ncn2C1CCCCC1. The van der Waals surface area contributed by atoms with Crippen LogP contribution < -0.4 is 19.7 Å². The Kier molecular flexibility index (Phi) is 7.52. The van der Waals surface area contributed by atoms with E-state index in [4.69, 9.17) is 24.4 Å². The lowest BCUT2D eigenvalue weighted by molar-refractivity contribution is -0.127. The monoisotopic (exact) mass is 560 g/mol. The smallest absolute Gasteiger partial charge is 0.231 e. The van der Waals surface area contributed by atoms with Crippen molar-refractivity contribution in [1.29, 1.82) is 0 Å². The van der Waals surface area contributed by atoms with Crippen molar-refractivity contribution in [1.82, 2.24) is 29.3 Å². The van der Waals surface area contributed by atoms with Gasteiger partial charge in [0.25, 0.3) is 0 Å². The van der Waals surface area contributed by atoms with E-state index in [1.165, 1.54) is 37.7 Å². The molecule has 11 nitrogen and oxygen atoms in total. The Balaban J connectivity index is 1.06. The summed E-state index contributed by atoms with van der Waals surface area (Å²) < 4.78 is 13.3. The van der Waals surface area contributed by atoms with Gasteiger partial charge in [0.1, 0.15) is 0 Å². The molecule has 1 N–H and O–H groups in total. The lowest BCUT2D eigenvalue weighted by atomic mass is 9.95. The molecule has 7 rings (SSSR count). The summed E-state index contributed by atoms with van der Waals surface area (Å²) in [5, 5.41) is 3.56. The topological polar surface area (TPSA) is 101 Å². The molecular formula is C30H40N8O3. The van der Waals surface area contributed by atoms with Crippen LogP contribution in [0.15, 0.2) is 24.5 Å². The molecule has 1 amide bonds. The maximum Gasteiger partial charge on any atom is 0.231 e. The second-order valence-electron chi connectivity index (χ2n) is 11.7. The van der Waals surface area contributed by atoms with Crippen LogP contribution in [0.4, 0.5) is 11.8 Å². The molecule has 0 unspecified atom stereocenters. The van der Waals surface area contributed by atoms with Gasteiger partial charge in [0.2, 0.25) is 18.6 Å². The Bertz CT molecular complexity index is 1380. The minimum Gasteiger partial charge on any atom is -0.454 e. The predicted molar refractivity (Wildman–Crippen MR) is 156 cm³/mol. The molecule has 0 bridgehead atoms. The number of anilines is 2. The number of aromatic nitrogens is 4. The van der Waals surface area contributed by atoms with Gasteiger partial charge < -0.3 is 29.2 Å². The van der Waals surface area contributed by atoms with Crippen molar-refractivity contribution in [2.45, 2.75) is 64.0 Å². The van der Waals surface area contributed by atoms with Gasteiger partial charge in [-0.05, 0) is 43.4 Å². The molecule has 0 atom stereocenters. The van der Waals surface area contributed by atoms with Gasteiger partial charge in [0.15, 0.2) is 28.5 Å². The van der Waals surface area contributed by atoms with E-state index in [9.17, 15) is 4.79 Å². The van der Waals surface area contributed by atoms with Crippen LogP contribution in [0.2, 0.25) is 0 Å². The Morgan fingerprint density at radius 1 is 0.951 bits per heavy atom. The number of piperazine rings is 1. The molecule has 2 saturated heterocycles. The molecule has 2 aromatic heterocycles. The van der Waals surface area contributed by atoms with E-state index in [0.29, 0.717) is 19.3 Å². The first-order chi connectivity index (χ1) is 20.2. The average molecular weight is 561 g/mol. The largest absolute Gasteiger partial charge is 0.454 e. The first-order valence-electron chi connectivity index (χ1n) is 15.3. The molecule has 4 aliphatic rings. The maximum atomic E-state index is 12.0. The highest BCUT2D eigenvalue weighted by Gasteiger charge is 2.25. The predicted octanol–water partition coefficient (Wildman–Crippen LogP) is 3.81. The molecule has 1 saturated carbocycles. The number of imidazole rings is 1. The van der Waals surface area contributed by atoms with Crippen molar-refractivity contribution in [2.75, 3.05) is 62.8 Å². The molecule has 0 spiro atoms. The van der Waals surface area contributed by atoms with Crippen molar-refractivity contribution < 1.29 is 14.3 Å². The van der Waals surface area contributed by atoms with Gasteiger partial charge in [0.05, 0.1) is 6.33 Å². The summed E-state index contributed by atoms with van der Waals surface area (Å²) in [6, 6.07) is 6.67. The van der Waals surface area contributed by atoms with Crippen molar-refractivity contribution in [3.05, 3.63) is 30.1 Å². The second kappa shape index (κ2) is 11.7. The molecule has 0 radical (unpaired) electrons.